The molecule has 6 heteroatoms. The predicted octanol–water partition coefficient (Wildman–Crippen LogP) is 0.476. The fourth-order valence-electron chi connectivity index (χ4n) is 2.57. The maximum Gasteiger partial charge on any atom is 0.325 e. The summed E-state index contributed by atoms with van der Waals surface area (Å²) >= 11 is 0. The average Bonchev–Trinajstić information content (AvgIpc) is 2.59. The SMILES string of the molecule is CC(C)NCCCN1C(=O)NC2(CCOCC2)C1=O. The molecule has 0 aromatic rings. The average molecular weight is 269 g/mol. The lowest BCUT2D eigenvalue weighted by Crippen LogP contribution is -2.51. The van der Waals surface area contributed by atoms with E-state index in [9.17, 15) is 9.59 Å². The van der Waals surface area contributed by atoms with Gasteiger partial charge in [-0.2, -0.15) is 0 Å². The van der Waals surface area contributed by atoms with Crippen molar-refractivity contribution >= 4 is 11.9 Å². The Morgan fingerprint density at radius 1 is 1.37 bits per heavy atom. The third-order valence-electron chi connectivity index (χ3n) is 3.70. The minimum absolute atomic E-state index is 0.0784. The number of amides is 3. The van der Waals surface area contributed by atoms with Crippen LogP contribution in [0.4, 0.5) is 4.79 Å². The van der Waals surface area contributed by atoms with Gasteiger partial charge in [0.05, 0.1) is 0 Å². The highest BCUT2D eigenvalue weighted by atomic mass is 16.5. The van der Waals surface area contributed by atoms with E-state index in [1.54, 1.807) is 0 Å². The molecule has 3 amide bonds. The lowest BCUT2D eigenvalue weighted by atomic mass is 9.90. The molecule has 2 fully saturated rings. The molecular formula is C13H23N3O3. The standard InChI is InChI=1S/C13H23N3O3/c1-10(2)14-6-3-7-16-11(17)13(15-12(16)18)4-8-19-9-5-13/h10,14H,3-9H2,1-2H3,(H,15,18). The van der Waals surface area contributed by atoms with Crippen molar-refractivity contribution in [1.82, 2.24) is 15.5 Å². The zero-order valence-electron chi connectivity index (χ0n) is 11.7. The molecule has 2 rings (SSSR count). The second kappa shape index (κ2) is 5.88. The van der Waals surface area contributed by atoms with Crippen molar-refractivity contribution in [3.63, 3.8) is 0 Å². The number of rotatable bonds is 5. The van der Waals surface area contributed by atoms with E-state index in [4.69, 9.17) is 4.74 Å². The minimum Gasteiger partial charge on any atom is -0.381 e. The second-order valence-corrected chi connectivity index (χ2v) is 5.54. The summed E-state index contributed by atoms with van der Waals surface area (Å²) in [6.07, 6.45) is 1.94. The number of imide groups is 1. The molecule has 0 unspecified atom stereocenters. The Balaban J connectivity index is 1.87. The fourth-order valence-corrected chi connectivity index (χ4v) is 2.57. The van der Waals surface area contributed by atoms with E-state index < -0.39 is 5.54 Å². The van der Waals surface area contributed by atoms with Crippen LogP contribution in [0.25, 0.3) is 0 Å². The van der Waals surface area contributed by atoms with Gasteiger partial charge in [-0.05, 0) is 13.0 Å². The van der Waals surface area contributed by atoms with Crippen LogP contribution in [-0.4, -0.2) is 54.7 Å². The first-order valence-electron chi connectivity index (χ1n) is 7.00. The van der Waals surface area contributed by atoms with E-state index in [0.29, 0.717) is 38.6 Å². The molecule has 0 aliphatic carbocycles. The summed E-state index contributed by atoms with van der Waals surface area (Å²) in [4.78, 5) is 25.7. The first-order valence-corrected chi connectivity index (χ1v) is 7.00. The van der Waals surface area contributed by atoms with Crippen LogP contribution in [0, 0.1) is 0 Å². The number of hydrogen-bond donors (Lipinski definition) is 2. The van der Waals surface area contributed by atoms with Crippen LogP contribution in [0.15, 0.2) is 0 Å². The van der Waals surface area contributed by atoms with E-state index in [1.165, 1.54) is 4.90 Å². The van der Waals surface area contributed by atoms with E-state index in [1.807, 2.05) is 0 Å². The van der Waals surface area contributed by atoms with E-state index >= 15 is 0 Å². The molecule has 19 heavy (non-hydrogen) atoms. The molecule has 2 heterocycles. The first kappa shape index (κ1) is 14.3. The highest BCUT2D eigenvalue weighted by Gasteiger charge is 2.51. The smallest absolute Gasteiger partial charge is 0.325 e. The summed E-state index contributed by atoms with van der Waals surface area (Å²) in [5, 5.41) is 6.14. The zero-order chi connectivity index (χ0) is 13.9. The third kappa shape index (κ3) is 3.06. The number of hydrogen-bond acceptors (Lipinski definition) is 4. The van der Waals surface area contributed by atoms with E-state index in [0.717, 1.165) is 13.0 Å². The van der Waals surface area contributed by atoms with Crippen LogP contribution < -0.4 is 10.6 Å². The third-order valence-corrected chi connectivity index (χ3v) is 3.70. The molecule has 2 aliphatic rings. The van der Waals surface area contributed by atoms with Crippen molar-refractivity contribution in [2.24, 2.45) is 0 Å². The maximum atomic E-state index is 12.4. The molecule has 1 spiro atoms. The second-order valence-electron chi connectivity index (χ2n) is 5.54. The largest absolute Gasteiger partial charge is 0.381 e. The van der Waals surface area contributed by atoms with Crippen molar-refractivity contribution in [2.45, 2.75) is 44.7 Å². The number of carbonyl (C=O) groups excluding carboxylic acids is 2. The van der Waals surface area contributed by atoms with Gasteiger partial charge in [0.15, 0.2) is 0 Å². The van der Waals surface area contributed by atoms with Crippen LogP contribution in [0.2, 0.25) is 0 Å². The van der Waals surface area contributed by atoms with Crippen LogP contribution >= 0.6 is 0 Å². The van der Waals surface area contributed by atoms with Gasteiger partial charge >= 0.3 is 6.03 Å². The summed E-state index contributed by atoms with van der Waals surface area (Å²) in [5.74, 6) is -0.0784. The van der Waals surface area contributed by atoms with Crippen molar-refractivity contribution in [2.75, 3.05) is 26.3 Å². The van der Waals surface area contributed by atoms with Crippen molar-refractivity contribution in [3.8, 4) is 0 Å². The normalized spacial score (nSPS) is 22.4. The van der Waals surface area contributed by atoms with Crippen LogP contribution in [0.1, 0.15) is 33.1 Å². The Kier molecular flexibility index (Phi) is 4.42. The zero-order valence-corrected chi connectivity index (χ0v) is 11.7. The van der Waals surface area contributed by atoms with E-state index in [2.05, 4.69) is 24.5 Å². The van der Waals surface area contributed by atoms with Gasteiger partial charge in [-0.3, -0.25) is 9.69 Å². The van der Waals surface area contributed by atoms with Crippen molar-refractivity contribution in [1.29, 1.82) is 0 Å². The summed E-state index contributed by atoms with van der Waals surface area (Å²) in [7, 11) is 0. The lowest BCUT2D eigenvalue weighted by Gasteiger charge is -2.30. The van der Waals surface area contributed by atoms with Gasteiger partial charge in [-0.15, -0.1) is 0 Å². The highest BCUT2D eigenvalue weighted by Crippen LogP contribution is 2.28. The number of carbonyl (C=O) groups is 2. The molecule has 0 radical (unpaired) electrons. The van der Waals surface area contributed by atoms with Gasteiger partial charge in [-0.1, -0.05) is 13.8 Å². The van der Waals surface area contributed by atoms with Gasteiger partial charge < -0.3 is 15.4 Å². The minimum atomic E-state index is -0.694. The topological polar surface area (TPSA) is 70.7 Å². The lowest BCUT2D eigenvalue weighted by molar-refractivity contribution is -0.134. The fraction of sp³-hybridized carbons (Fsp3) is 0.846. The number of ether oxygens (including phenoxy) is 1. The summed E-state index contributed by atoms with van der Waals surface area (Å²) in [6, 6.07) is 0.168. The quantitative estimate of drug-likeness (QED) is 0.562. The van der Waals surface area contributed by atoms with Crippen molar-refractivity contribution < 1.29 is 14.3 Å². The number of nitrogens with zero attached hydrogens (tertiary/aromatic N) is 1. The van der Waals surface area contributed by atoms with Crippen LogP contribution in [0.5, 0.6) is 0 Å². The van der Waals surface area contributed by atoms with Gasteiger partial charge in [0, 0.05) is 38.6 Å². The van der Waals surface area contributed by atoms with Gasteiger partial charge in [0.2, 0.25) is 0 Å². The van der Waals surface area contributed by atoms with Gasteiger partial charge in [0.1, 0.15) is 5.54 Å². The molecule has 2 N–H and O–H groups in total. The summed E-state index contributed by atoms with van der Waals surface area (Å²) in [5.41, 5.74) is -0.694. The molecule has 6 nitrogen and oxygen atoms in total. The first-order chi connectivity index (χ1) is 9.05. The number of urea groups is 1. The summed E-state index contributed by atoms with van der Waals surface area (Å²) in [6.45, 7) is 6.51. The van der Waals surface area contributed by atoms with Crippen LogP contribution in [0.3, 0.4) is 0 Å². The summed E-state index contributed by atoms with van der Waals surface area (Å²) < 4.78 is 5.27. The molecular weight excluding hydrogens is 246 g/mol. The van der Waals surface area contributed by atoms with Gasteiger partial charge in [0.25, 0.3) is 5.91 Å². The predicted molar refractivity (Wildman–Crippen MR) is 70.8 cm³/mol. The molecule has 2 saturated heterocycles. The molecule has 0 saturated carbocycles. The Morgan fingerprint density at radius 3 is 2.68 bits per heavy atom. The molecule has 0 bridgehead atoms. The molecule has 2 aliphatic heterocycles. The Hall–Kier alpha value is -1.14. The van der Waals surface area contributed by atoms with Crippen LogP contribution in [-0.2, 0) is 9.53 Å². The molecule has 108 valence electrons. The molecule has 0 aromatic heterocycles. The van der Waals surface area contributed by atoms with Crippen molar-refractivity contribution in [3.05, 3.63) is 0 Å². The maximum absolute atomic E-state index is 12.4. The number of nitrogens with one attached hydrogen (secondary N) is 2. The molecule has 0 atom stereocenters. The molecule has 0 aromatic carbocycles. The van der Waals surface area contributed by atoms with Gasteiger partial charge in [-0.25, -0.2) is 4.79 Å². The van der Waals surface area contributed by atoms with E-state index in [-0.39, 0.29) is 11.9 Å². The Bertz CT molecular complexity index is 351. The highest BCUT2D eigenvalue weighted by molar-refractivity contribution is 6.07. The Morgan fingerprint density at radius 2 is 2.05 bits per heavy atom. The Labute approximate surface area is 113 Å². The monoisotopic (exact) mass is 269 g/mol.